The van der Waals surface area contributed by atoms with Crippen molar-refractivity contribution in [3.05, 3.63) is 0 Å². The molecular formula is C6H12N2O4. The van der Waals surface area contributed by atoms with E-state index in [0.29, 0.717) is 12.8 Å². The van der Waals surface area contributed by atoms with Crippen LogP contribution in [-0.2, 0) is 9.59 Å². The minimum atomic E-state index is -0.387. The van der Waals surface area contributed by atoms with E-state index in [2.05, 4.69) is 0 Å². The molecule has 0 aliphatic carbocycles. The number of amides is 2. The van der Waals surface area contributed by atoms with Gasteiger partial charge in [0.25, 0.3) is 0 Å². The van der Waals surface area contributed by atoms with Crippen LogP contribution in [0.5, 0.6) is 0 Å². The molecule has 6 heteroatoms. The molecule has 0 aromatic rings. The fraction of sp³-hybridized carbons (Fsp3) is 0.667. The highest BCUT2D eigenvalue weighted by atomic mass is 16.3. The molecule has 0 unspecified atom stereocenters. The third kappa shape index (κ3) is 3.89. The molecule has 0 saturated heterocycles. The first-order chi connectivity index (χ1) is 5.78. The molecule has 0 aliphatic heterocycles. The van der Waals surface area contributed by atoms with Crippen LogP contribution < -0.4 is 0 Å². The molecule has 2 N–H and O–H groups in total. The van der Waals surface area contributed by atoms with Gasteiger partial charge in [-0.25, -0.2) is 0 Å². The Morgan fingerprint density at radius 2 is 1.25 bits per heavy atom. The number of hydrogen-bond donors (Lipinski definition) is 2. The van der Waals surface area contributed by atoms with Gasteiger partial charge >= 0.3 is 0 Å². The maximum Gasteiger partial charge on any atom is 0.211 e. The largest absolute Gasteiger partial charge is 0.376 e. The van der Waals surface area contributed by atoms with Gasteiger partial charge in [0.15, 0.2) is 0 Å². The number of carbonyl (C=O) groups is 2. The molecule has 0 atom stereocenters. The van der Waals surface area contributed by atoms with Gasteiger partial charge in [0.2, 0.25) is 12.8 Å². The molecule has 70 valence electrons. The van der Waals surface area contributed by atoms with Gasteiger partial charge in [0.1, 0.15) is 13.5 Å². The molecule has 0 rings (SSSR count). The predicted molar refractivity (Wildman–Crippen MR) is 39.7 cm³/mol. The first-order valence-corrected chi connectivity index (χ1v) is 3.39. The van der Waals surface area contributed by atoms with Crippen LogP contribution in [0.4, 0.5) is 0 Å². The smallest absolute Gasteiger partial charge is 0.211 e. The lowest BCUT2D eigenvalue weighted by Crippen LogP contribution is -2.34. The topological polar surface area (TPSA) is 81.1 Å². The zero-order valence-electron chi connectivity index (χ0n) is 6.59. The summed E-state index contributed by atoms with van der Waals surface area (Å²) in [6, 6.07) is 0. The zero-order chi connectivity index (χ0) is 9.40. The van der Waals surface area contributed by atoms with Gasteiger partial charge < -0.3 is 20.0 Å². The molecule has 6 nitrogen and oxygen atoms in total. The number of hydrogen-bond acceptors (Lipinski definition) is 4. The SMILES string of the molecule is O=CN(CO)CCN(C=O)CO. The summed E-state index contributed by atoms with van der Waals surface area (Å²) in [6.45, 7) is -0.359. The second-order valence-electron chi connectivity index (χ2n) is 2.12. The van der Waals surface area contributed by atoms with E-state index in [0.717, 1.165) is 9.80 Å². The quantitative estimate of drug-likeness (QED) is 0.341. The molecule has 0 aromatic heterocycles. The Balaban J connectivity index is 3.62. The van der Waals surface area contributed by atoms with E-state index in [9.17, 15) is 9.59 Å². The summed E-state index contributed by atoms with van der Waals surface area (Å²) in [5.41, 5.74) is 0. The lowest BCUT2D eigenvalue weighted by atomic mass is 10.5. The Kier molecular flexibility index (Phi) is 5.94. The molecule has 0 radical (unpaired) electrons. The van der Waals surface area contributed by atoms with Crippen molar-refractivity contribution < 1.29 is 19.8 Å². The van der Waals surface area contributed by atoms with Crippen LogP contribution in [0.15, 0.2) is 0 Å². The van der Waals surface area contributed by atoms with Crippen molar-refractivity contribution in [2.24, 2.45) is 0 Å². The van der Waals surface area contributed by atoms with Crippen molar-refractivity contribution in [1.82, 2.24) is 9.80 Å². The molecular weight excluding hydrogens is 164 g/mol. The van der Waals surface area contributed by atoms with Crippen LogP contribution in [0, 0.1) is 0 Å². The molecule has 0 bridgehead atoms. The summed E-state index contributed by atoms with van der Waals surface area (Å²) in [5, 5.41) is 17.0. The van der Waals surface area contributed by atoms with Gasteiger partial charge in [-0.1, -0.05) is 0 Å². The molecule has 0 heterocycles. The Hall–Kier alpha value is -1.14. The molecule has 0 fully saturated rings. The zero-order valence-corrected chi connectivity index (χ0v) is 6.59. The highest BCUT2D eigenvalue weighted by molar-refractivity contribution is 5.48. The maximum atomic E-state index is 10.1. The third-order valence-corrected chi connectivity index (χ3v) is 1.34. The molecule has 0 spiro atoms. The third-order valence-electron chi connectivity index (χ3n) is 1.34. The maximum absolute atomic E-state index is 10.1. The van der Waals surface area contributed by atoms with Gasteiger partial charge in [-0.05, 0) is 0 Å². The van der Waals surface area contributed by atoms with Crippen molar-refractivity contribution in [2.75, 3.05) is 26.6 Å². The number of aliphatic hydroxyl groups excluding tert-OH is 2. The Morgan fingerprint density at radius 3 is 1.42 bits per heavy atom. The average molecular weight is 176 g/mol. The van der Waals surface area contributed by atoms with Crippen molar-refractivity contribution in [1.29, 1.82) is 0 Å². The van der Waals surface area contributed by atoms with Crippen LogP contribution in [0.1, 0.15) is 0 Å². The normalized spacial score (nSPS) is 9.17. The first kappa shape index (κ1) is 10.9. The summed E-state index contributed by atoms with van der Waals surface area (Å²) < 4.78 is 0. The Bertz CT molecular complexity index is 126. The minimum Gasteiger partial charge on any atom is -0.376 e. The van der Waals surface area contributed by atoms with Crippen molar-refractivity contribution >= 4 is 12.8 Å². The summed E-state index contributed by atoms with van der Waals surface area (Å²) >= 11 is 0. The lowest BCUT2D eigenvalue weighted by molar-refractivity contribution is -0.126. The van der Waals surface area contributed by atoms with Crippen LogP contribution in [-0.4, -0.2) is 59.4 Å². The van der Waals surface area contributed by atoms with Gasteiger partial charge in [0, 0.05) is 13.1 Å². The van der Waals surface area contributed by atoms with E-state index in [1.807, 2.05) is 0 Å². The first-order valence-electron chi connectivity index (χ1n) is 3.39. The molecule has 2 amide bonds. The standard InChI is InChI=1S/C6H12N2O4/c9-3-7(4-10)1-2-8(5-11)6-12/h3,5,10,12H,1-2,4,6H2. The fourth-order valence-corrected chi connectivity index (χ4v) is 0.570. The number of nitrogens with zero attached hydrogens (tertiary/aromatic N) is 2. The second-order valence-corrected chi connectivity index (χ2v) is 2.12. The molecule has 0 aliphatic rings. The van der Waals surface area contributed by atoms with Crippen molar-refractivity contribution in [3.8, 4) is 0 Å². The summed E-state index contributed by atoms with van der Waals surface area (Å²) in [5.74, 6) is 0. The van der Waals surface area contributed by atoms with E-state index in [1.165, 1.54) is 0 Å². The number of rotatable bonds is 7. The van der Waals surface area contributed by atoms with E-state index < -0.39 is 0 Å². The number of aliphatic hydroxyl groups is 2. The van der Waals surface area contributed by atoms with E-state index in [4.69, 9.17) is 10.2 Å². The van der Waals surface area contributed by atoms with Crippen LogP contribution in [0.25, 0.3) is 0 Å². The highest BCUT2D eigenvalue weighted by Gasteiger charge is 2.02. The van der Waals surface area contributed by atoms with E-state index in [-0.39, 0.29) is 26.6 Å². The molecule has 12 heavy (non-hydrogen) atoms. The lowest BCUT2D eigenvalue weighted by Gasteiger charge is -2.18. The second kappa shape index (κ2) is 6.56. The van der Waals surface area contributed by atoms with Crippen molar-refractivity contribution in [3.63, 3.8) is 0 Å². The molecule has 0 saturated carbocycles. The summed E-state index contributed by atoms with van der Waals surface area (Å²) in [6.07, 6.45) is 0.945. The van der Waals surface area contributed by atoms with Gasteiger partial charge in [-0.2, -0.15) is 0 Å². The fourth-order valence-electron chi connectivity index (χ4n) is 0.570. The minimum absolute atomic E-state index is 0.208. The predicted octanol–water partition coefficient (Wildman–Crippen LogP) is -2.20. The number of carbonyl (C=O) groups excluding carboxylic acids is 2. The van der Waals surface area contributed by atoms with Gasteiger partial charge in [0.05, 0.1) is 0 Å². The van der Waals surface area contributed by atoms with Crippen molar-refractivity contribution in [2.45, 2.75) is 0 Å². The molecule has 0 aromatic carbocycles. The highest BCUT2D eigenvalue weighted by Crippen LogP contribution is 1.84. The Labute approximate surface area is 70.0 Å². The Morgan fingerprint density at radius 1 is 0.917 bits per heavy atom. The monoisotopic (exact) mass is 176 g/mol. The van der Waals surface area contributed by atoms with E-state index in [1.54, 1.807) is 0 Å². The van der Waals surface area contributed by atoms with Gasteiger partial charge in [-0.15, -0.1) is 0 Å². The van der Waals surface area contributed by atoms with Crippen LogP contribution in [0.3, 0.4) is 0 Å². The van der Waals surface area contributed by atoms with Crippen LogP contribution >= 0.6 is 0 Å². The average Bonchev–Trinajstić information content (AvgIpc) is 2.13. The summed E-state index contributed by atoms with van der Waals surface area (Å²) in [4.78, 5) is 22.4. The van der Waals surface area contributed by atoms with E-state index >= 15 is 0 Å². The van der Waals surface area contributed by atoms with Crippen LogP contribution in [0.2, 0.25) is 0 Å². The summed E-state index contributed by atoms with van der Waals surface area (Å²) in [7, 11) is 0. The van der Waals surface area contributed by atoms with Gasteiger partial charge in [-0.3, -0.25) is 9.59 Å².